The average Bonchev–Trinajstić information content (AvgIpc) is 3.02. The van der Waals surface area contributed by atoms with E-state index in [0.29, 0.717) is 10.2 Å². The highest BCUT2D eigenvalue weighted by Crippen LogP contribution is 2.26. The highest BCUT2D eigenvalue weighted by Gasteiger charge is 2.13. The van der Waals surface area contributed by atoms with Gasteiger partial charge in [0.05, 0.1) is 11.4 Å². The molecule has 5 nitrogen and oxygen atoms in total. The molecule has 0 aliphatic rings. The lowest BCUT2D eigenvalue weighted by Crippen LogP contribution is -2.15. The van der Waals surface area contributed by atoms with Gasteiger partial charge in [0.25, 0.3) is 0 Å². The first-order chi connectivity index (χ1) is 12.6. The predicted octanol–water partition coefficient (Wildman–Crippen LogP) is 4.59. The molecule has 1 N–H and O–H groups in total. The van der Waals surface area contributed by atoms with Crippen LogP contribution in [0.25, 0.3) is 11.4 Å². The third kappa shape index (κ3) is 4.41. The number of anilines is 1. The van der Waals surface area contributed by atoms with Crippen LogP contribution in [0.2, 0.25) is 5.02 Å². The summed E-state index contributed by atoms with van der Waals surface area (Å²) in [6.07, 6.45) is 1.98. The Morgan fingerprint density at radius 3 is 2.62 bits per heavy atom. The van der Waals surface area contributed by atoms with Gasteiger partial charge in [0.15, 0.2) is 11.0 Å². The largest absolute Gasteiger partial charge is 0.324 e. The monoisotopic (exact) mass is 404 g/mol. The molecule has 0 bridgehead atoms. The van der Waals surface area contributed by atoms with E-state index in [9.17, 15) is 4.79 Å². The van der Waals surface area contributed by atoms with E-state index in [1.807, 2.05) is 66.4 Å². The van der Waals surface area contributed by atoms with Crippen molar-refractivity contribution in [1.82, 2.24) is 14.8 Å². The topological polar surface area (TPSA) is 59.8 Å². The maximum Gasteiger partial charge on any atom is 0.234 e. The fraction of sp³-hybridized carbons (Fsp3) is 0.167. The van der Waals surface area contributed by atoms with E-state index < -0.39 is 0 Å². The van der Waals surface area contributed by atoms with Gasteiger partial charge in [0.2, 0.25) is 5.91 Å². The van der Waals surface area contributed by atoms with Crippen molar-refractivity contribution in [2.75, 3.05) is 17.3 Å². The lowest BCUT2D eigenvalue weighted by molar-refractivity contribution is -0.113. The van der Waals surface area contributed by atoms with Gasteiger partial charge in [-0.1, -0.05) is 35.5 Å². The van der Waals surface area contributed by atoms with Crippen molar-refractivity contribution in [1.29, 1.82) is 0 Å². The number of benzene rings is 2. The third-order valence-corrected chi connectivity index (χ3v) is 5.72. The number of thioether (sulfide) groups is 2. The van der Waals surface area contributed by atoms with Gasteiger partial charge in [-0.3, -0.25) is 4.79 Å². The zero-order valence-electron chi connectivity index (χ0n) is 14.3. The number of aromatic nitrogens is 3. The number of amides is 1. The normalized spacial score (nSPS) is 10.7. The smallest absolute Gasteiger partial charge is 0.234 e. The lowest BCUT2D eigenvalue weighted by Gasteiger charge is -2.09. The molecule has 0 aliphatic carbocycles. The van der Waals surface area contributed by atoms with E-state index >= 15 is 0 Å². The molecule has 0 radical (unpaired) electrons. The molecular weight excluding hydrogens is 388 g/mol. The van der Waals surface area contributed by atoms with Gasteiger partial charge < -0.3 is 9.88 Å². The first-order valence-corrected chi connectivity index (χ1v) is 10.4. The molecule has 0 spiro atoms. The van der Waals surface area contributed by atoms with Gasteiger partial charge in [-0.2, -0.15) is 0 Å². The summed E-state index contributed by atoms with van der Waals surface area (Å²) in [5.41, 5.74) is 1.75. The maximum atomic E-state index is 12.3. The molecule has 0 unspecified atom stereocenters. The standard InChI is InChI=1S/C18H17ClN4OS2/c1-23-17(12-7-9-13(19)10-8-12)21-22-18(23)26-11-16(24)20-14-5-3-4-6-15(14)25-2/h3-10H,11H2,1-2H3,(H,20,24). The van der Waals surface area contributed by atoms with Crippen LogP contribution in [-0.2, 0) is 11.8 Å². The number of nitrogens with zero attached hydrogens (tertiary/aromatic N) is 3. The SMILES string of the molecule is CSc1ccccc1NC(=O)CSc1nnc(-c2ccc(Cl)cc2)n1C. The minimum absolute atomic E-state index is 0.0763. The van der Waals surface area contributed by atoms with Crippen molar-refractivity contribution in [3.05, 3.63) is 53.6 Å². The molecule has 1 amide bonds. The molecule has 3 rings (SSSR count). The molecule has 0 aliphatic heterocycles. The molecule has 0 saturated heterocycles. The van der Waals surface area contributed by atoms with Gasteiger partial charge in [0.1, 0.15) is 0 Å². The summed E-state index contributed by atoms with van der Waals surface area (Å²) in [4.78, 5) is 13.3. The number of para-hydroxylation sites is 1. The summed E-state index contributed by atoms with van der Waals surface area (Å²) in [5, 5.41) is 12.7. The van der Waals surface area contributed by atoms with Crippen LogP contribution >= 0.6 is 35.1 Å². The Labute approximate surface area is 165 Å². The van der Waals surface area contributed by atoms with Crippen LogP contribution in [0.4, 0.5) is 5.69 Å². The average molecular weight is 405 g/mol. The van der Waals surface area contributed by atoms with Gasteiger partial charge in [-0.05, 0) is 42.7 Å². The second-order valence-electron chi connectivity index (χ2n) is 5.41. The Morgan fingerprint density at radius 2 is 1.88 bits per heavy atom. The number of carbonyl (C=O) groups excluding carboxylic acids is 1. The molecular formula is C18H17ClN4OS2. The molecule has 3 aromatic rings. The number of hydrogen-bond acceptors (Lipinski definition) is 5. The van der Waals surface area contributed by atoms with Crippen LogP contribution in [0.5, 0.6) is 0 Å². The van der Waals surface area contributed by atoms with Crippen molar-refractivity contribution in [2.45, 2.75) is 10.1 Å². The number of carbonyl (C=O) groups is 1. The Balaban J connectivity index is 1.65. The van der Waals surface area contributed by atoms with Crippen molar-refractivity contribution < 1.29 is 4.79 Å². The van der Waals surface area contributed by atoms with Crippen LogP contribution in [0.1, 0.15) is 0 Å². The molecule has 0 saturated carbocycles. The fourth-order valence-corrected chi connectivity index (χ4v) is 3.75. The molecule has 2 aromatic carbocycles. The van der Waals surface area contributed by atoms with E-state index in [2.05, 4.69) is 15.5 Å². The molecule has 0 atom stereocenters. The van der Waals surface area contributed by atoms with Crippen molar-refractivity contribution in [3.8, 4) is 11.4 Å². The third-order valence-electron chi connectivity index (χ3n) is 3.65. The minimum Gasteiger partial charge on any atom is -0.324 e. The summed E-state index contributed by atoms with van der Waals surface area (Å²) in [6.45, 7) is 0. The Kier molecular flexibility index (Phi) is 6.24. The second kappa shape index (κ2) is 8.62. The van der Waals surface area contributed by atoms with Crippen LogP contribution in [0, 0.1) is 0 Å². The number of halogens is 1. The van der Waals surface area contributed by atoms with Crippen molar-refractivity contribution >= 4 is 46.7 Å². The molecule has 8 heteroatoms. The summed E-state index contributed by atoms with van der Waals surface area (Å²) in [6, 6.07) is 15.2. The fourth-order valence-electron chi connectivity index (χ4n) is 2.36. The summed E-state index contributed by atoms with van der Waals surface area (Å²) in [7, 11) is 1.88. The molecule has 0 fully saturated rings. The van der Waals surface area contributed by atoms with Crippen LogP contribution in [0.3, 0.4) is 0 Å². The van der Waals surface area contributed by atoms with Crippen molar-refractivity contribution in [2.24, 2.45) is 7.05 Å². The van der Waals surface area contributed by atoms with E-state index in [4.69, 9.17) is 11.6 Å². The maximum absolute atomic E-state index is 12.3. The zero-order valence-corrected chi connectivity index (χ0v) is 16.7. The number of rotatable bonds is 6. The summed E-state index contributed by atoms with van der Waals surface area (Å²) < 4.78 is 1.87. The molecule has 1 aromatic heterocycles. The number of nitrogens with one attached hydrogen (secondary N) is 1. The second-order valence-corrected chi connectivity index (χ2v) is 7.64. The van der Waals surface area contributed by atoms with Crippen LogP contribution in [0.15, 0.2) is 58.6 Å². The molecule has 1 heterocycles. The van der Waals surface area contributed by atoms with Gasteiger partial charge in [-0.15, -0.1) is 22.0 Å². The Bertz CT molecular complexity index is 912. The first-order valence-electron chi connectivity index (χ1n) is 7.79. The number of hydrogen-bond donors (Lipinski definition) is 1. The van der Waals surface area contributed by atoms with Gasteiger partial charge in [-0.25, -0.2) is 0 Å². The minimum atomic E-state index is -0.0763. The van der Waals surface area contributed by atoms with E-state index in [1.165, 1.54) is 11.8 Å². The van der Waals surface area contributed by atoms with E-state index in [-0.39, 0.29) is 11.7 Å². The molecule has 134 valence electrons. The van der Waals surface area contributed by atoms with E-state index in [0.717, 1.165) is 22.0 Å². The van der Waals surface area contributed by atoms with Crippen LogP contribution < -0.4 is 5.32 Å². The molecule has 26 heavy (non-hydrogen) atoms. The van der Waals surface area contributed by atoms with Gasteiger partial charge >= 0.3 is 0 Å². The summed E-state index contributed by atoms with van der Waals surface area (Å²) >= 11 is 8.87. The first kappa shape index (κ1) is 18.8. The van der Waals surface area contributed by atoms with Crippen molar-refractivity contribution in [3.63, 3.8) is 0 Å². The Hall–Kier alpha value is -1.96. The Morgan fingerprint density at radius 1 is 1.15 bits per heavy atom. The van der Waals surface area contributed by atoms with Gasteiger partial charge in [0, 0.05) is 22.5 Å². The highest BCUT2D eigenvalue weighted by molar-refractivity contribution is 7.99. The quantitative estimate of drug-likeness (QED) is 0.609. The highest BCUT2D eigenvalue weighted by atomic mass is 35.5. The predicted molar refractivity (Wildman–Crippen MR) is 109 cm³/mol. The van der Waals surface area contributed by atoms with Crippen LogP contribution in [-0.4, -0.2) is 32.7 Å². The summed E-state index contributed by atoms with van der Waals surface area (Å²) in [5.74, 6) is 0.916. The zero-order chi connectivity index (χ0) is 18.5. The lowest BCUT2D eigenvalue weighted by atomic mass is 10.2. The van der Waals surface area contributed by atoms with E-state index in [1.54, 1.807) is 11.8 Å².